The first kappa shape index (κ1) is 23.1. The van der Waals surface area contributed by atoms with Gasteiger partial charge in [-0.1, -0.05) is 0 Å². The smallest absolute Gasteiger partial charge is 0.270 e. The van der Waals surface area contributed by atoms with Gasteiger partial charge in [0.25, 0.3) is 5.91 Å². The number of hydrogen-bond donors (Lipinski definition) is 0. The van der Waals surface area contributed by atoms with Gasteiger partial charge in [0.15, 0.2) is 9.84 Å². The predicted molar refractivity (Wildman–Crippen MR) is 127 cm³/mol. The average molecular weight is 462 g/mol. The number of sulfone groups is 1. The lowest BCUT2D eigenvalue weighted by molar-refractivity contribution is 0.0758. The number of hydrogen-bond acceptors (Lipinski definition) is 5. The van der Waals surface area contributed by atoms with E-state index in [9.17, 15) is 13.2 Å². The average Bonchev–Trinajstić information content (AvgIpc) is 3.12. The second-order valence-corrected chi connectivity index (χ2v) is 11.9. The summed E-state index contributed by atoms with van der Waals surface area (Å²) < 4.78 is 31.9. The van der Waals surface area contributed by atoms with Crippen molar-refractivity contribution in [3.63, 3.8) is 0 Å². The summed E-state index contributed by atoms with van der Waals surface area (Å²) in [5.41, 5.74) is 1.60. The topological polar surface area (TPSA) is 71.8 Å². The normalized spacial score (nSPS) is 20.4. The van der Waals surface area contributed by atoms with Gasteiger partial charge in [-0.15, -0.1) is 0 Å². The Bertz CT molecular complexity index is 1070. The monoisotopic (exact) mass is 461 g/mol. The highest BCUT2D eigenvalue weighted by atomic mass is 32.2. The van der Waals surface area contributed by atoms with E-state index in [-0.39, 0.29) is 42.6 Å². The fourth-order valence-electron chi connectivity index (χ4n) is 4.79. The number of rotatable bonds is 5. The van der Waals surface area contributed by atoms with Gasteiger partial charge in [0, 0.05) is 49.2 Å². The molecule has 3 heterocycles. The Labute approximate surface area is 191 Å². The minimum absolute atomic E-state index is 0.0360. The van der Waals surface area contributed by atoms with Crippen molar-refractivity contribution < 1.29 is 17.9 Å². The highest BCUT2D eigenvalue weighted by molar-refractivity contribution is 7.91. The molecule has 0 spiro atoms. The summed E-state index contributed by atoms with van der Waals surface area (Å²) in [4.78, 5) is 17.4. The van der Waals surface area contributed by atoms with Crippen LogP contribution in [-0.2, 0) is 9.84 Å². The second-order valence-electron chi connectivity index (χ2n) is 9.60. The molecule has 0 bridgehead atoms. The van der Waals surface area contributed by atoms with Crippen molar-refractivity contribution in [1.29, 1.82) is 0 Å². The SMILES string of the molecule is CC(C)N1CCC(Oc2ccc3c(c2)cc(C(=O)N2CCS(=O)(=O)CC2)n3C(C)C)CC1. The number of fused-ring (bicyclic) bond motifs is 1. The lowest BCUT2D eigenvalue weighted by Crippen LogP contribution is -2.44. The van der Waals surface area contributed by atoms with E-state index in [0.717, 1.165) is 42.6 Å². The number of amides is 1. The molecule has 7 nitrogen and oxygen atoms in total. The third kappa shape index (κ3) is 4.81. The molecule has 0 atom stereocenters. The first-order chi connectivity index (χ1) is 15.1. The van der Waals surface area contributed by atoms with Crippen LogP contribution in [-0.4, -0.2) is 78.5 Å². The highest BCUT2D eigenvalue weighted by Crippen LogP contribution is 2.30. The maximum atomic E-state index is 13.3. The first-order valence-electron chi connectivity index (χ1n) is 11.7. The minimum Gasteiger partial charge on any atom is -0.490 e. The van der Waals surface area contributed by atoms with Crippen LogP contribution < -0.4 is 4.74 Å². The molecule has 1 aromatic heterocycles. The number of aromatic nitrogens is 1. The molecular formula is C24H35N3O4S. The summed E-state index contributed by atoms with van der Waals surface area (Å²) in [5.74, 6) is 0.806. The zero-order chi connectivity index (χ0) is 23.0. The van der Waals surface area contributed by atoms with E-state index in [1.54, 1.807) is 4.90 Å². The molecule has 2 aromatic rings. The second kappa shape index (κ2) is 9.06. The molecule has 2 fully saturated rings. The van der Waals surface area contributed by atoms with Crippen molar-refractivity contribution in [2.75, 3.05) is 37.7 Å². The number of carbonyl (C=O) groups is 1. The standard InChI is InChI=1S/C24H35N3O4S/c1-17(2)25-9-7-20(8-10-25)31-21-5-6-22-19(15-21)16-23(27(22)18(3)4)24(28)26-11-13-32(29,30)14-12-26/h5-6,15-18,20H,7-14H2,1-4H3. The molecule has 1 amide bonds. The Morgan fingerprint density at radius 3 is 2.22 bits per heavy atom. The van der Waals surface area contributed by atoms with E-state index in [1.165, 1.54) is 0 Å². The molecular weight excluding hydrogens is 426 g/mol. The Morgan fingerprint density at radius 2 is 1.62 bits per heavy atom. The zero-order valence-corrected chi connectivity index (χ0v) is 20.4. The number of piperidine rings is 1. The van der Waals surface area contributed by atoms with Crippen LogP contribution in [0.4, 0.5) is 0 Å². The van der Waals surface area contributed by atoms with Gasteiger partial charge in [0.05, 0.1) is 11.5 Å². The molecule has 0 unspecified atom stereocenters. The molecule has 2 saturated heterocycles. The van der Waals surface area contributed by atoms with Crippen LogP contribution in [0.25, 0.3) is 10.9 Å². The largest absolute Gasteiger partial charge is 0.490 e. The number of benzene rings is 1. The minimum atomic E-state index is -3.03. The Morgan fingerprint density at radius 1 is 0.969 bits per heavy atom. The lowest BCUT2D eigenvalue weighted by Gasteiger charge is -2.34. The van der Waals surface area contributed by atoms with Crippen molar-refractivity contribution in [2.24, 2.45) is 0 Å². The molecule has 176 valence electrons. The highest BCUT2D eigenvalue weighted by Gasteiger charge is 2.29. The van der Waals surface area contributed by atoms with Gasteiger partial charge >= 0.3 is 0 Å². The van der Waals surface area contributed by atoms with Gasteiger partial charge in [0.1, 0.15) is 17.5 Å². The number of nitrogens with zero attached hydrogens (tertiary/aromatic N) is 3. The van der Waals surface area contributed by atoms with Gasteiger partial charge in [-0.2, -0.15) is 0 Å². The fourth-order valence-corrected chi connectivity index (χ4v) is 5.99. The van der Waals surface area contributed by atoms with Gasteiger partial charge in [-0.25, -0.2) is 8.42 Å². The summed E-state index contributed by atoms with van der Waals surface area (Å²) in [6.07, 6.45) is 2.25. The van der Waals surface area contributed by atoms with E-state index >= 15 is 0 Å². The molecule has 4 rings (SSSR count). The van der Waals surface area contributed by atoms with Crippen LogP contribution in [0.5, 0.6) is 5.75 Å². The Balaban J connectivity index is 1.54. The molecule has 0 saturated carbocycles. The predicted octanol–water partition coefficient (Wildman–Crippen LogP) is 3.34. The van der Waals surface area contributed by atoms with Gasteiger partial charge in [0.2, 0.25) is 0 Å². The third-order valence-electron chi connectivity index (χ3n) is 6.69. The molecule has 1 aromatic carbocycles. The zero-order valence-electron chi connectivity index (χ0n) is 19.6. The maximum absolute atomic E-state index is 13.3. The number of likely N-dealkylation sites (tertiary alicyclic amines) is 1. The summed E-state index contributed by atoms with van der Waals surface area (Å²) in [7, 11) is -3.03. The van der Waals surface area contributed by atoms with Crippen molar-refractivity contribution in [3.05, 3.63) is 30.0 Å². The Kier molecular flexibility index (Phi) is 6.54. The van der Waals surface area contributed by atoms with Crippen LogP contribution in [0.3, 0.4) is 0 Å². The van der Waals surface area contributed by atoms with Crippen molar-refractivity contribution in [2.45, 2.75) is 58.7 Å². The third-order valence-corrected chi connectivity index (χ3v) is 8.30. The van der Waals surface area contributed by atoms with E-state index in [4.69, 9.17) is 4.74 Å². The van der Waals surface area contributed by atoms with Crippen LogP contribution in [0.2, 0.25) is 0 Å². The number of carbonyl (C=O) groups excluding carboxylic acids is 1. The first-order valence-corrected chi connectivity index (χ1v) is 13.5. The summed E-state index contributed by atoms with van der Waals surface area (Å²) in [6, 6.07) is 8.66. The lowest BCUT2D eigenvalue weighted by atomic mass is 10.1. The van der Waals surface area contributed by atoms with Crippen LogP contribution in [0.15, 0.2) is 24.3 Å². The van der Waals surface area contributed by atoms with Gasteiger partial charge < -0.3 is 19.1 Å². The van der Waals surface area contributed by atoms with E-state index < -0.39 is 9.84 Å². The number of ether oxygens (including phenoxy) is 1. The van der Waals surface area contributed by atoms with Crippen molar-refractivity contribution >= 4 is 26.6 Å². The van der Waals surface area contributed by atoms with Crippen LogP contribution >= 0.6 is 0 Å². The molecule has 0 aliphatic carbocycles. The fraction of sp³-hybridized carbons (Fsp3) is 0.625. The summed E-state index contributed by atoms with van der Waals surface area (Å²) in [5, 5.41) is 0.976. The van der Waals surface area contributed by atoms with Crippen molar-refractivity contribution in [1.82, 2.24) is 14.4 Å². The van der Waals surface area contributed by atoms with E-state index in [1.807, 2.05) is 28.8 Å². The molecule has 2 aliphatic heterocycles. The van der Waals surface area contributed by atoms with E-state index in [0.29, 0.717) is 11.7 Å². The summed E-state index contributed by atoms with van der Waals surface area (Å²) >= 11 is 0. The van der Waals surface area contributed by atoms with Crippen molar-refractivity contribution in [3.8, 4) is 5.75 Å². The molecule has 0 radical (unpaired) electrons. The molecule has 0 N–H and O–H groups in total. The summed E-state index contributed by atoms with van der Waals surface area (Å²) in [6.45, 7) is 11.2. The maximum Gasteiger partial charge on any atom is 0.270 e. The van der Waals surface area contributed by atoms with Gasteiger partial charge in [-0.3, -0.25) is 4.79 Å². The Hall–Kier alpha value is -2.06. The molecule has 8 heteroatoms. The molecule has 32 heavy (non-hydrogen) atoms. The van der Waals surface area contributed by atoms with Gasteiger partial charge in [-0.05, 0) is 64.8 Å². The molecule has 2 aliphatic rings. The van der Waals surface area contributed by atoms with Crippen LogP contribution in [0.1, 0.15) is 57.1 Å². The quantitative estimate of drug-likeness (QED) is 0.683. The van der Waals surface area contributed by atoms with Crippen LogP contribution in [0, 0.1) is 0 Å². The van der Waals surface area contributed by atoms with E-state index in [2.05, 4.69) is 32.6 Å².